The van der Waals surface area contributed by atoms with E-state index in [-0.39, 0.29) is 17.9 Å². The highest BCUT2D eigenvalue weighted by molar-refractivity contribution is 5.93. The average Bonchev–Trinajstić information content (AvgIpc) is 3.45. The maximum absolute atomic E-state index is 12.9. The molecule has 2 aromatic rings. The first kappa shape index (κ1) is 18.7. The van der Waals surface area contributed by atoms with Crippen LogP contribution < -0.4 is 10.6 Å². The Kier molecular flexibility index (Phi) is 5.76. The number of nitrogens with zero attached hydrogens (tertiary/aromatic N) is 1. The third-order valence-electron chi connectivity index (χ3n) is 5.75. The molecule has 6 heteroatoms. The standard InChI is InChI=1S/C22H28N4O2/c27-21(19-9-4-12-23-19)24-14-16-6-5-13-26(15-16)22(28)20-11-10-18(25-20)17-7-2-1-3-8-17/h1-3,7-8,10-11,16,19,23,25H,4-6,9,12-15H2,(H,24,27). The summed E-state index contributed by atoms with van der Waals surface area (Å²) < 4.78 is 0. The Morgan fingerprint density at radius 3 is 2.71 bits per heavy atom. The summed E-state index contributed by atoms with van der Waals surface area (Å²) in [4.78, 5) is 30.3. The van der Waals surface area contributed by atoms with Gasteiger partial charge in [-0.1, -0.05) is 30.3 Å². The molecule has 1 aromatic carbocycles. The van der Waals surface area contributed by atoms with E-state index in [1.54, 1.807) is 0 Å². The van der Waals surface area contributed by atoms with Crippen LogP contribution in [0.25, 0.3) is 11.3 Å². The lowest BCUT2D eigenvalue weighted by molar-refractivity contribution is -0.123. The molecular formula is C22H28N4O2. The summed E-state index contributed by atoms with van der Waals surface area (Å²) in [6.07, 6.45) is 3.99. The van der Waals surface area contributed by atoms with E-state index in [0.717, 1.165) is 50.0 Å². The van der Waals surface area contributed by atoms with Crippen LogP contribution in [-0.4, -0.2) is 53.9 Å². The van der Waals surface area contributed by atoms with E-state index in [9.17, 15) is 9.59 Å². The lowest BCUT2D eigenvalue weighted by Gasteiger charge is -2.32. The van der Waals surface area contributed by atoms with Crippen LogP contribution in [0.2, 0.25) is 0 Å². The molecule has 3 heterocycles. The van der Waals surface area contributed by atoms with Gasteiger partial charge in [-0.25, -0.2) is 0 Å². The van der Waals surface area contributed by atoms with E-state index in [0.29, 0.717) is 24.7 Å². The number of hydrogen-bond acceptors (Lipinski definition) is 3. The molecular weight excluding hydrogens is 352 g/mol. The molecule has 2 fully saturated rings. The number of nitrogens with one attached hydrogen (secondary N) is 3. The number of carbonyl (C=O) groups is 2. The molecule has 2 atom stereocenters. The van der Waals surface area contributed by atoms with E-state index in [2.05, 4.69) is 15.6 Å². The van der Waals surface area contributed by atoms with E-state index in [1.807, 2.05) is 47.4 Å². The van der Waals surface area contributed by atoms with Crippen LogP contribution in [-0.2, 0) is 4.79 Å². The first-order valence-corrected chi connectivity index (χ1v) is 10.3. The highest BCUT2D eigenvalue weighted by Gasteiger charge is 2.27. The number of hydrogen-bond donors (Lipinski definition) is 3. The molecule has 2 aliphatic rings. The van der Waals surface area contributed by atoms with Crippen LogP contribution in [0.5, 0.6) is 0 Å². The topological polar surface area (TPSA) is 77.2 Å². The van der Waals surface area contributed by atoms with Gasteiger partial charge in [-0.05, 0) is 55.8 Å². The lowest BCUT2D eigenvalue weighted by Crippen LogP contribution is -2.46. The van der Waals surface area contributed by atoms with Crippen molar-refractivity contribution < 1.29 is 9.59 Å². The van der Waals surface area contributed by atoms with Gasteiger partial charge in [0.05, 0.1) is 6.04 Å². The smallest absolute Gasteiger partial charge is 0.270 e. The molecule has 2 unspecified atom stereocenters. The summed E-state index contributed by atoms with van der Waals surface area (Å²) in [6, 6.07) is 13.8. The van der Waals surface area contributed by atoms with Crippen LogP contribution in [0.15, 0.2) is 42.5 Å². The van der Waals surface area contributed by atoms with Crippen molar-refractivity contribution in [3.63, 3.8) is 0 Å². The van der Waals surface area contributed by atoms with E-state index < -0.39 is 0 Å². The van der Waals surface area contributed by atoms with Crippen LogP contribution in [0.3, 0.4) is 0 Å². The summed E-state index contributed by atoms with van der Waals surface area (Å²) in [5.41, 5.74) is 2.65. The Morgan fingerprint density at radius 1 is 1.07 bits per heavy atom. The zero-order valence-corrected chi connectivity index (χ0v) is 16.1. The molecule has 2 amide bonds. The van der Waals surface area contributed by atoms with Crippen LogP contribution in [0.4, 0.5) is 0 Å². The molecule has 4 rings (SSSR count). The monoisotopic (exact) mass is 380 g/mol. The maximum atomic E-state index is 12.9. The highest BCUT2D eigenvalue weighted by atomic mass is 16.2. The lowest BCUT2D eigenvalue weighted by atomic mass is 9.97. The van der Waals surface area contributed by atoms with Crippen molar-refractivity contribution in [3.05, 3.63) is 48.2 Å². The van der Waals surface area contributed by atoms with Gasteiger partial charge in [-0.3, -0.25) is 9.59 Å². The van der Waals surface area contributed by atoms with Gasteiger partial charge in [0.25, 0.3) is 5.91 Å². The summed E-state index contributed by atoms with van der Waals surface area (Å²) in [6.45, 7) is 3.02. The number of rotatable bonds is 5. The van der Waals surface area contributed by atoms with Gasteiger partial charge in [0, 0.05) is 25.3 Å². The highest BCUT2D eigenvalue weighted by Crippen LogP contribution is 2.21. The number of H-pyrrole nitrogens is 1. The molecule has 0 spiro atoms. The quantitative estimate of drug-likeness (QED) is 0.745. The molecule has 2 aliphatic heterocycles. The number of carbonyl (C=O) groups excluding carboxylic acids is 2. The minimum Gasteiger partial charge on any atom is -0.354 e. The van der Waals surface area contributed by atoms with Crippen molar-refractivity contribution in [3.8, 4) is 11.3 Å². The van der Waals surface area contributed by atoms with Gasteiger partial charge in [-0.2, -0.15) is 0 Å². The van der Waals surface area contributed by atoms with Crippen molar-refractivity contribution in [2.75, 3.05) is 26.2 Å². The van der Waals surface area contributed by atoms with Crippen molar-refractivity contribution >= 4 is 11.8 Å². The molecule has 3 N–H and O–H groups in total. The second-order valence-electron chi connectivity index (χ2n) is 7.81. The van der Waals surface area contributed by atoms with Gasteiger partial charge in [-0.15, -0.1) is 0 Å². The Morgan fingerprint density at radius 2 is 1.93 bits per heavy atom. The average molecular weight is 380 g/mol. The number of piperidine rings is 1. The Hall–Kier alpha value is -2.60. The minimum absolute atomic E-state index is 0.0377. The zero-order valence-electron chi connectivity index (χ0n) is 16.1. The first-order valence-electron chi connectivity index (χ1n) is 10.3. The van der Waals surface area contributed by atoms with Gasteiger partial charge >= 0.3 is 0 Å². The third-order valence-corrected chi connectivity index (χ3v) is 5.75. The number of aromatic amines is 1. The summed E-state index contributed by atoms with van der Waals surface area (Å²) in [5, 5.41) is 6.30. The summed E-state index contributed by atoms with van der Waals surface area (Å²) >= 11 is 0. The second-order valence-corrected chi connectivity index (χ2v) is 7.81. The van der Waals surface area contributed by atoms with Crippen molar-refractivity contribution in [1.82, 2.24) is 20.5 Å². The summed E-state index contributed by atoms with van der Waals surface area (Å²) in [5.74, 6) is 0.445. The summed E-state index contributed by atoms with van der Waals surface area (Å²) in [7, 11) is 0. The van der Waals surface area contributed by atoms with E-state index in [4.69, 9.17) is 0 Å². The fourth-order valence-corrected chi connectivity index (χ4v) is 4.17. The number of aromatic nitrogens is 1. The van der Waals surface area contributed by atoms with Gasteiger partial charge in [0.1, 0.15) is 5.69 Å². The Balaban J connectivity index is 1.33. The Bertz CT molecular complexity index is 811. The zero-order chi connectivity index (χ0) is 19.3. The molecule has 28 heavy (non-hydrogen) atoms. The number of benzene rings is 1. The van der Waals surface area contributed by atoms with Gasteiger partial charge < -0.3 is 20.5 Å². The van der Waals surface area contributed by atoms with Gasteiger partial charge in [0.15, 0.2) is 0 Å². The molecule has 1 aromatic heterocycles. The third kappa shape index (κ3) is 4.28. The van der Waals surface area contributed by atoms with Gasteiger partial charge in [0.2, 0.25) is 5.91 Å². The number of likely N-dealkylation sites (tertiary alicyclic amines) is 1. The molecule has 2 saturated heterocycles. The Labute approximate surface area is 165 Å². The van der Waals surface area contributed by atoms with Crippen LogP contribution in [0, 0.1) is 5.92 Å². The van der Waals surface area contributed by atoms with Crippen LogP contribution >= 0.6 is 0 Å². The predicted octanol–water partition coefficient (Wildman–Crippen LogP) is 2.40. The SMILES string of the molecule is O=C(NCC1CCCN(C(=O)c2ccc(-c3ccccc3)[nH]2)C1)C1CCCN1. The van der Waals surface area contributed by atoms with E-state index >= 15 is 0 Å². The fourth-order valence-electron chi connectivity index (χ4n) is 4.17. The second kappa shape index (κ2) is 8.61. The van der Waals surface area contributed by atoms with Crippen LogP contribution in [0.1, 0.15) is 36.2 Å². The molecule has 0 bridgehead atoms. The molecule has 6 nitrogen and oxygen atoms in total. The molecule has 0 radical (unpaired) electrons. The van der Waals surface area contributed by atoms with Crippen molar-refractivity contribution in [1.29, 1.82) is 0 Å². The predicted molar refractivity (Wildman–Crippen MR) is 109 cm³/mol. The van der Waals surface area contributed by atoms with Crippen molar-refractivity contribution in [2.24, 2.45) is 5.92 Å². The molecule has 148 valence electrons. The minimum atomic E-state index is -0.0448. The molecule has 0 saturated carbocycles. The first-order chi connectivity index (χ1) is 13.7. The normalized spacial score (nSPS) is 22.2. The fraction of sp³-hybridized carbons (Fsp3) is 0.455. The van der Waals surface area contributed by atoms with E-state index in [1.165, 1.54) is 0 Å². The molecule has 0 aliphatic carbocycles. The van der Waals surface area contributed by atoms with Crippen molar-refractivity contribution in [2.45, 2.75) is 31.7 Å². The number of amides is 2. The largest absolute Gasteiger partial charge is 0.354 e. The maximum Gasteiger partial charge on any atom is 0.270 e.